The molecule has 0 aliphatic rings. The summed E-state index contributed by atoms with van der Waals surface area (Å²) >= 11 is 0. The van der Waals surface area contributed by atoms with Crippen molar-refractivity contribution in [3.63, 3.8) is 0 Å². The summed E-state index contributed by atoms with van der Waals surface area (Å²) in [7, 11) is -3.29. The fourth-order valence-corrected chi connectivity index (χ4v) is 3.03. The molecule has 2 rings (SSSR count). The summed E-state index contributed by atoms with van der Waals surface area (Å²) in [6.45, 7) is 7.19. The molecule has 102 valence electrons. The summed E-state index contributed by atoms with van der Waals surface area (Å²) in [5, 5.41) is 0. The minimum atomic E-state index is -3.29. The van der Waals surface area contributed by atoms with Crippen LogP contribution >= 0.6 is 0 Å². The predicted molar refractivity (Wildman–Crippen MR) is 84.2 cm³/mol. The third-order valence-corrected chi connectivity index (χ3v) is 4.66. The number of rotatable bonds is 5. The molecular formula is C17H16O2S. The molecular weight excluding hydrogens is 268 g/mol. The highest BCUT2D eigenvalue weighted by atomic mass is 32.2. The van der Waals surface area contributed by atoms with Crippen LogP contribution < -0.4 is 0 Å². The van der Waals surface area contributed by atoms with Crippen molar-refractivity contribution in [1.29, 1.82) is 0 Å². The molecule has 0 saturated heterocycles. The average molecular weight is 284 g/mol. The highest BCUT2D eigenvalue weighted by Gasteiger charge is 2.12. The van der Waals surface area contributed by atoms with Crippen LogP contribution in [0.15, 0.2) is 72.7 Å². The maximum absolute atomic E-state index is 12.0. The summed E-state index contributed by atoms with van der Waals surface area (Å²) < 4.78 is 24.1. The first-order valence-electron chi connectivity index (χ1n) is 6.23. The van der Waals surface area contributed by atoms with E-state index in [1.165, 1.54) is 6.08 Å². The summed E-state index contributed by atoms with van der Waals surface area (Å²) in [6, 6.07) is 14.8. The van der Waals surface area contributed by atoms with E-state index >= 15 is 0 Å². The van der Waals surface area contributed by atoms with E-state index < -0.39 is 9.84 Å². The molecule has 2 aromatic carbocycles. The van der Waals surface area contributed by atoms with E-state index in [1.54, 1.807) is 24.3 Å². The molecule has 0 N–H and O–H groups in total. The van der Waals surface area contributed by atoms with Gasteiger partial charge in [0.1, 0.15) is 0 Å². The van der Waals surface area contributed by atoms with Gasteiger partial charge in [0, 0.05) is 0 Å². The number of benzene rings is 2. The van der Waals surface area contributed by atoms with Gasteiger partial charge in [-0.25, -0.2) is 8.42 Å². The molecule has 0 aliphatic heterocycles. The molecule has 3 heteroatoms. The second kappa shape index (κ2) is 5.88. The van der Waals surface area contributed by atoms with Crippen LogP contribution in [0, 0.1) is 0 Å². The van der Waals surface area contributed by atoms with E-state index in [-0.39, 0.29) is 5.75 Å². The molecule has 0 saturated carbocycles. The molecule has 0 aromatic heterocycles. The van der Waals surface area contributed by atoms with Crippen molar-refractivity contribution in [3.8, 4) is 11.1 Å². The molecule has 0 bridgehead atoms. The molecule has 20 heavy (non-hydrogen) atoms. The third-order valence-electron chi connectivity index (χ3n) is 3.01. The summed E-state index contributed by atoms with van der Waals surface area (Å²) in [5.74, 6) is -0.0497. The van der Waals surface area contributed by atoms with E-state index in [1.807, 2.05) is 30.3 Å². The molecule has 0 atom stereocenters. The second-order valence-corrected chi connectivity index (χ2v) is 6.46. The molecule has 0 amide bonds. The predicted octanol–water partition coefficient (Wildman–Crippen LogP) is 3.96. The zero-order valence-electron chi connectivity index (χ0n) is 11.1. The zero-order valence-corrected chi connectivity index (χ0v) is 11.9. The highest BCUT2D eigenvalue weighted by molar-refractivity contribution is 7.91. The Morgan fingerprint density at radius 2 is 1.65 bits per heavy atom. The van der Waals surface area contributed by atoms with Crippen molar-refractivity contribution in [2.75, 3.05) is 5.75 Å². The molecule has 0 radical (unpaired) electrons. The van der Waals surface area contributed by atoms with Gasteiger partial charge >= 0.3 is 0 Å². The fourth-order valence-electron chi connectivity index (χ4n) is 1.93. The van der Waals surface area contributed by atoms with Gasteiger partial charge in [-0.2, -0.15) is 0 Å². The molecule has 2 aromatic rings. The van der Waals surface area contributed by atoms with Crippen molar-refractivity contribution in [1.82, 2.24) is 0 Å². The van der Waals surface area contributed by atoms with Gasteiger partial charge in [0.2, 0.25) is 0 Å². The van der Waals surface area contributed by atoms with Gasteiger partial charge in [-0.1, -0.05) is 55.1 Å². The van der Waals surface area contributed by atoms with E-state index in [4.69, 9.17) is 0 Å². The Kier molecular flexibility index (Phi) is 4.20. The largest absolute Gasteiger partial charge is 0.223 e. The lowest BCUT2D eigenvalue weighted by Crippen LogP contribution is -2.04. The molecule has 0 fully saturated rings. The second-order valence-electron chi connectivity index (χ2n) is 4.42. The lowest BCUT2D eigenvalue weighted by atomic mass is 10.0. The Morgan fingerprint density at radius 3 is 2.25 bits per heavy atom. The van der Waals surface area contributed by atoms with Crippen molar-refractivity contribution in [2.45, 2.75) is 4.90 Å². The molecule has 0 unspecified atom stereocenters. The summed E-state index contributed by atoms with van der Waals surface area (Å²) in [4.78, 5) is 0.322. The first-order chi connectivity index (χ1) is 9.56. The minimum Gasteiger partial charge on any atom is -0.223 e. The van der Waals surface area contributed by atoms with Crippen LogP contribution in [0.1, 0.15) is 5.56 Å². The standard InChI is InChI=1S/C17H16O2S/c1-3-12-20(18,19)17-7-5-6-16(13-17)15-10-8-14(4-2)9-11-15/h3-11,13H,1-2,12H2. The maximum atomic E-state index is 12.0. The average Bonchev–Trinajstić information content (AvgIpc) is 2.47. The third kappa shape index (κ3) is 3.06. The van der Waals surface area contributed by atoms with Gasteiger partial charge in [0.25, 0.3) is 0 Å². The lowest BCUT2D eigenvalue weighted by molar-refractivity contribution is 0.599. The van der Waals surface area contributed by atoms with Gasteiger partial charge in [-0.3, -0.25) is 0 Å². The van der Waals surface area contributed by atoms with Crippen LogP contribution in [0.3, 0.4) is 0 Å². The first-order valence-corrected chi connectivity index (χ1v) is 7.88. The zero-order chi connectivity index (χ0) is 14.6. The Bertz CT molecular complexity index is 726. The number of sulfone groups is 1. The molecule has 2 nitrogen and oxygen atoms in total. The quantitative estimate of drug-likeness (QED) is 0.779. The van der Waals surface area contributed by atoms with Crippen LogP contribution in [0.4, 0.5) is 0 Å². The Hall–Kier alpha value is -2.13. The minimum absolute atomic E-state index is 0.0497. The topological polar surface area (TPSA) is 34.1 Å². The molecule has 0 spiro atoms. The van der Waals surface area contributed by atoms with E-state index in [2.05, 4.69) is 13.2 Å². The maximum Gasteiger partial charge on any atom is 0.181 e. The summed E-state index contributed by atoms with van der Waals surface area (Å²) in [5.41, 5.74) is 2.89. The Morgan fingerprint density at radius 1 is 0.950 bits per heavy atom. The van der Waals surface area contributed by atoms with E-state index in [0.29, 0.717) is 4.90 Å². The van der Waals surface area contributed by atoms with Crippen molar-refractivity contribution >= 4 is 15.9 Å². The van der Waals surface area contributed by atoms with Crippen molar-refractivity contribution < 1.29 is 8.42 Å². The highest BCUT2D eigenvalue weighted by Crippen LogP contribution is 2.23. The molecule has 0 heterocycles. The SMILES string of the molecule is C=CCS(=O)(=O)c1cccc(-c2ccc(C=C)cc2)c1. The van der Waals surface area contributed by atoms with Gasteiger partial charge < -0.3 is 0 Å². The van der Waals surface area contributed by atoms with Crippen molar-refractivity contribution in [2.24, 2.45) is 0 Å². The van der Waals surface area contributed by atoms with Gasteiger partial charge in [-0.15, -0.1) is 6.58 Å². The first kappa shape index (κ1) is 14.3. The monoisotopic (exact) mass is 284 g/mol. The van der Waals surface area contributed by atoms with Crippen LogP contribution in [-0.4, -0.2) is 14.2 Å². The fraction of sp³-hybridized carbons (Fsp3) is 0.0588. The van der Waals surface area contributed by atoms with Crippen LogP contribution in [0.25, 0.3) is 17.2 Å². The number of hydrogen-bond acceptors (Lipinski definition) is 2. The Balaban J connectivity index is 2.43. The van der Waals surface area contributed by atoms with E-state index in [0.717, 1.165) is 16.7 Å². The van der Waals surface area contributed by atoms with Gasteiger partial charge in [-0.05, 0) is 28.8 Å². The number of hydrogen-bond donors (Lipinski definition) is 0. The van der Waals surface area contributed by atoms with Crippen LogP contribution in [0.2, 0.25) is 0 Å². The van der Waals surface area contributed by atoms with Crippen molar-refractivity contribution in [3.05, 3.63) is 73.3 Å². The summed E-state index contributed by atoms with van der Waals surface area (Å²) in [6.07, 6.45) is 3.18. The van der Waals surface area contributed by atoms with Gasteiger partial charge in [0.15, 0.2) is 9.84 Å². The lowest BCUT2D eigenvalue weighted by Gasteiger charge is -2.06. The smallest absolute Gasteiger partial charge is 0.181 e. The van der Waals surface area contributed by atoms with E-state index in [9.17, 15) is 8.42 Å². The normalized spacial score (nSPS) is 11.0. The van der Waals surface area contributed by atoms with Gasteiger partial charge in [0.05, 0.1) is 10.6 Å². The molecule has 0 aliphatic carbocycles. The Labute approximate surface area is 120 Å². The van der Waals surface area contributed by atoms with Crippen LogP contribution in [0.5, 0.6) is 0 Å². The van der Waals surface area contributed by atoms with Crippen LogP contribution in [-0.2, 0) is 9.84 Å².